The summed E-state index contributed by atoms with van der Waals surface area (Å²) in [4.78, 5) is 22.4. The number of carbonyl (C=O) groups is 2. The van der Waals surface area contributed by atoms with E-state index < -0.39 is 0 Å². The van der Waals surface area contributed by atoms with Crippen molar-refractivity contribution in [3.63, 3.8) is 0 Å². The summed E-state index contributed by atoms with van der Waals surface area (Å²) in [6.07, 6.45) is 13.7. The zero-order valence-electron chi connectivity index (χ0n) is 17.6. The minimum Gasteiger partial charge on any atom is -0.469 e. The summed E-state index contributed by atoms with van der Waals surface area (Å²) in [7, 11) is 1.38. The van der Waals surface area contributed by atoms with E-state index in [4.69, 9.17) is 4.74 Å². The highest BCUT2D eigenvalue weighted by molar-refractivity contribution is 5.69. The Morgan fingerprint density at radius 2 is 1.79 bits per heavy atom. The number of rotatable bonds is 16. The Morgan fingerprint density at radius 3 is 2.36 bits per heavy atom. The van der Waals surface area contributed by atoms with Crippen molar-refractivity contribution in [3.05, 3.63) is 24.3 Å². The third kappa shape index (κ3) is 13.5. The summed E-state index contributed by atoms with van der Waals surface area (Å²) in [6.45, 7) is 3.38. The van der Waals surface area contributed by atoms with Gasteiger partial charge in [0.15, 0.2) is 0 Å². The van der Waals surface area contributed by atoms with Gasteiger partial charge >= 0.3 is 11.9 Å². The molecular weight excluding hydrogens is 360 g/mol. The zero-order valence-corrected chi connectivity index (χ0v) is 17.6. The van der Waals surface area contributed by atoms with Crippen LogP contribution >= 0.6 is 0 Å². The van der Waals surface area contributed by atoms with Gasteiger partial charge in [0.25, 0.3) is 0 Å². The molecule has 0 unspecified atom stereocenters. The number of carbonyl (C=O) groups excluding carboxylic acids is 2. The number of esters is 2. The number of allylic oxidation sites excluding steroid dienone is 2. The van der Waals surface area contributed by atoms with Crippen molar-refractivity contribution < 1.29 is 29.3 Å². The highest BCUT2D eigenvalue weighted by Crippen LogP contribution is 2.19. The molecule has 2 N–H and O–H groups in total. The van der Waals surface area contributed by atoms with Crippen molar-refractivity contribution in [2.24, 2.45) is 11.8 Å². The van der Waals surface area contributed by atoms with Crippen LogP contribution in [-0.2, 0) is 19.1 Å². The number of methoxy groups -OCH3 is 1. The minimum atomic E-state index is -0.319. The number of aliphatic hydroxyl groups excluding tert-OH is 2. The maximum absolute atomic E-state index is 11.3. The van der Waals surface area contributed by atoms with Crippen LogP contribution < -0.4 is 0 Å². The molecule has 0 saturated carbocycles. The van der Waals surface area contributed by atoms with Crippen molar-refractivity contribution in [1.29, 1.82) is 0 Å². The topological polar surface area (TPSA) is 93.1 Å². The first-order chi connectivity index (χ1) is 13.5. The maximum Gasteiger partial charge on any atom is 0.305 e. The smallest absolute Gasteiger partial charge is 0.305 e. The Morgan fingerprint density at radius 1 is 1.04 bits per heavy atom. The standard InChI is InChI=1S/C22H38O6/c1-4-5-8-12-21(28-18(2)25)15-14-20(17-24)19(16-23)11-9-6-7-10-13-22(26)27-3/h6,9,14-15,19-21,23-24H,4-5,7-8,10-13,16-17H2,1-3H3/b9-6-,15-14+/t19-,20-,21-/m0/s1. The van der Waals surface area contributed by atoms with E-state index in [1.807, 2.05) is 24.3 Å². The summed E-state index contributed by atoms with van der Waals surface area (Å²) in [5, 5.41) is 19.4. The molecule has 0 aliphatic carbocycles. The fraction of sp³-hybridized carbons (Fsp3) is 0.727. The summed E-state index contributed by atoms with van der Waals surface area (Å²) in [5.41, 5.74) is 0. The van der Waals surface area contributed by atoms with E-state index in [-0.39, 0.29) is 43.1 Å². The predicted molar refractivity (Wildman–Crippen MR) is 110 cm³/mol. The Balaban J connectivity index is 4.62. The van der Waals surface area contributed by atoms with Gasteiger partial charge in [0.05, 0.1) is 7.11 Å². The predicted octanol–water partition coefficient (Wildman–Crippen LogP) is 3.56. The molecule has 0 amide bonds. The summed E-state index contributed by atoms with van der Waals surface area (Å²) < 4.78 is 9.93. The molecule has 0 bridgehead atoms. The van der Waals surface area contributed by atoms with Crippen LogP contribution in [0.3, 0.4) is 0 Å². The monoisotopic (exact) mass is 398 g/mol. The second kappa shape index (κ2) is 17.4. The van der Waals surface area contributed by atoms with Gasteiger partial charge in [0.2, 0.25) is 0 Å². The molecule has 28 heavy (non-hydrogen) atoms. The number of aliphatic hydroxyl groups is 2. The highest BCUT2D eigenvalue weighted by atomic mass is 16.5. The van der Waals surface area contributed by atoms with Gasteiger partial charge in [-0.05, 0) is 44.1 Å². The molecule has 0 spiro atoms. The minimum absolute atomic E-state index is 0.0455. The molecular formula is C22H38O6. The second-order valence-corrected chi connectivity index (χ2v) is 6.99. The van der Waals surface area contributed by atoms with Gasteiger partial charge in [-0.15, -0.1) is 0 Å². The SMILES string of the molecule is CCCCC[C@@H](/C=C/[C@@H](CO)[C@H](CO)C/C=C\CCCC(=O)OC)OC(C)=O. The molecule has 0 aromatic rings. The quantitative estimate of drug-likeness (QED) is 0.235. The van der Waals surface area contributed by atoms with Gasteiger partial charge in [-0.25, -0.2) is 0 Å². The fourth-order valence-electron chi connectivity index (χ4n) is 2.88. The molecule has 0 aliphatic heterocycles. The Labute approximate surface area is 169 Å². The molecule has 6 nitrogen and oxygen atoms in total. The van der Waals surface area contributed by atoms with Crippen LogP contribution in [0.2, 0.25) is 0 Å². The summed E-state index contributed by atoms with van der Waals surface area (Å²) in [6, 6.07) is 0. The molecule has 0 aromatic heterocycles. The number of hydrogen-bond acceptors (Lipinski definition) is 6. The second-order valence-electron chi connectivity index (χ2n) is 6.99. The molecule has 0 aliphatic rings. The lowest BCUT2D eigenvalue weighted by atomic mass is 9.89. The zero-order chi connectivity index (χ0) is 21.2. The first-order valence-corrected chi connectivity index (χ1v) is 10.3. The molecule has 162 valence electrons. The molecule has 0 fully saturated rings. The third-order valence-electron chi connectivity index (χ3n) is 4.62. The van der Waals surface area contributed by atoms with Crippen LogP contribution in [-0.4, -0.2) is 48.6 Å². The molecule has 0 rings (SSSR count). The number of hydrogen-bond donors (Lipinski definition) is 2. The first kappa shape index (κ1) is 26.3. The highest BCUT2D eigenvalue weighted by Gasteiger charge is 2.18. The Hall–Kier alpha value is -1.66. The molecule has 0 saturated heterocycles. The van der Waals surface area contributed by atoms with Gasteiger partial charge in [0, 0.05) is 32.5 Å². The molecule has 0 heterocycles. The van der Waals surface area contributed by atoms with E-state index in [0.29, 0.717) is 12.8 Å². The lowest BCUT2D eigenvalue weighted by Gasteiger charge is -2.21. The van der Waals surface area contributed by atoms with E-state index >= 15 is 0 Å². The van der Waals surface area contributed by atoms with E-state index in [2.05, 4.69) is 11.7 Å². The van der Waals surface area contributed by atoms with Crippen molar-refractivity contribution in [1.82, 2.24) is 0 Å². The van der Waals surface area contributed by atoms with Crippen molar-refractivity contribution in [2.45, 2.75) is 71.3 Å². The average molecular weight is 399 g/mol. The van der Waals surface area contributed by atoms with Gasteiger partial charge in [0.1, 0.15) is 6.10 Å². The first-order valence-electron chi connectivity index (χ1n) is 10.3. The maximum atomic E-state index is 11.3. The molecule has 0 radical (unpaired) electrons. The fourth-order valence-corrected chi connectivity index (χ4v) is 2.88. The van der Waals surface area contributed by atoms with Crippen LogP contribution in [0.25, 0.3) is 0 Å². The Bertz CT molecular complexity index is 472. The van der Waals surface area contributed by atoms with Crippen molar-refractivity contribution in [2.75, 3.05) is 20.3 Å². The number of ether oxygens (including phenoxy) is 2. The summed E-state index contributed by atoms with van der Waals surface area (Å²) in [5.74, 6) is -0.866. The van der Waals surface area contributed by atoms with E-state index in [9.17, 15) is 19.8 Å². The lowest BCUT2D eigenvalue weighted by molar-refractivity contribution is -0.144. The van der Waals surface area contributed by atoms with Crippen molar-refractivity contribution >= 4 is 11.9 Å². The van der Waals surface area contributed by atoms with Crippen LogP contribution in [0.5, 0.6) is 0 Å². The largest absolute Gasteiger partial charge is 0.469 e. The van der Waals surface area contributed by atoms with Crippen LogP contribution in [0.15, 0.2) is 24.3 Å². The van der Waals surface area contributed by atoms with E-state index in [1.54, 1.807) is 0 Å². The van der Waals surface area contributed by atoms with E-state index in [1.165, 1.54) is 14.0 Å². The molecule has 6 heteroatoms. The van der Waals surface area contributed by atoms with Gasteiger partial charge in [-0.2, -0.15) is 0 Å². The van der Waals surface area contributed by atoms with Crippen LogP contribution in [0, 0.1) is 11.8 Å². The van der Waals surface area contributed by atoms with Gasteiger partial charge in [-0.3, -0.25) is 9.59 Å². The molecule has 3 atom stereocenters. The normalized spacial score (nSPS) is 14.9. The van der Waals surface area contributed by atoms with Crippen molar-refractivity contribution in [3.8, 4) is 0 Å². The average Bonchev–Trinajstić information content (AvgIpc) is 2.68. The van der Waals surface area contributed by atoms with Crippen LogP contribution in [0.4, 0.5) is 0 Å². The number of unbranched alkanes of at least 4 members (excludes halogenated alkanes) is 3. The summed E-state index contributed by atoms with van der Waals surface area (Å²) >= 11 is 0. The van der Waals surface area contributed by atoms with Gasteiger partial charge < -0.3 is 19.7 Å². The molecule has 0 aromatic carbocycles. The van der Waals surface area contributed by atoms with Crippen LogP contribution in [0.1, 0.15) is 65.2 Å². The lowest BCUT2D eigenvalue weighted by Crippen LogP contribution is -2.21. The Kier molecular flexibility index (Phi) is 16.4. The van der Waals surface area contributed by atoms with E-state index in [0.717, 1.165) is 38.5 Å². The van der Waals surface area contributed by atoms with Gasteiger partial charge in [-0.1, -0.05) is 38.0 Å². The third-order valence-corrected chi connectivity index (χ3v) is 4.62.